The third kappa shape index (κ3) is 24.8. The first-order valence-electron chi connectivity index (χ1n) is 45.5. The minimum Gasteiger partial charge on any atom is -0.497 e. The number of methoxy groups -OCH3 is 3. The van der Waals surface area contributed by atoms with Gasteiger partial charge in [-0.05, 0) is 187 Å². The number of fused-ring (bicyclic) bond motifs is 8. The number of anilines is 4. The fraction of sp³-hybridized carbons (Fsp3) is 0.229. The van der Waals surface area contributed by atoms with Crippen molar-refractivity contribution < 1.29 is 66.7 Å². The number of nitro groups is 3. The smallest absolute Gasteiger partial charge is 0.496 e. The summed E-state index contributed by atoms with van der Waals surface area (Å²) in [6, 6.07) is 81.2. The molecule has 27 nitrogen and oxygen atoms in total. The third-order valence-corrected chi connectivity index (χ3v) is 35.7. The molecule has 0 spiro atoms. The Labute approximate surface area is 874 Å². The predicted molar refractivity (Wildman–Crippen MR) is 569 cm³/mol. The highest BCUT2D eigenvalue weighted by molar-refractivity contribution is 9.10. The van der Waals surface area contributed by atoms with Crippen LogP contribution < -0.4 is 54.3 Å². The molecule has 22 rings (SSSR count). The molecule has 3 aromatic heterocycles. The quantitative estimate of drug-likeness (QED) is 0.0230. The van der Waals surface area contributed by atoms with Crippen molar-refractivity contribution in [1.82, 2.24) is 15.0 Å². The summed E-state index contributed by atoms with van der Waals surface area (Å²) in [5.74, 6) is 4.13. The average Bonchev–Trinajstić information content (AvgIpc) is 1.66. The van der Waals surface area contributed by atoms with E-state index in [4.69, 9.17) is 79.2 Å². The molecule has 0 unspecified atom stereocenters. The molecule has 2 N–H and O–H groups in total. The van der Waals surface area contributed by atoms with E-state index >= 15 is 0 Å². The topological polar surface area (TPSA) is 305 Å². The molecule has 0 atom stereocenters. The summed E-state index contributed by atoms with van der Waals surface area (Å²) in [5, 5.41) is 33.5. The molecule has 0 aliphatic carbocycles. The van der Waals surface area contributed by atoms with E-state index in [-0.39, 0.29) is 31.8 Å². The summed E-state index contributed by atoms with van der Waals surface area (Å²) in [6.07, 6.45) is 0. The number of nitrogens with two attached hydrogens (primary N) is 1. The number of ether oxygens (including phenoxy) is 9. The Balaban J connectivity index is 0.000000121. The number of aromatic nitrogens is 3. The van der Waals surface area contributed by atoms with Crippen LogP contribution in [0.1, 0.15) is 44.4 Å². The molecule has 0 amide bonds. The Hall–Kier alpha value is -11.5. The van der Waals surface area contributed by atoms with Crippen LogP contribution in [0, 0.1) is 30.3 Å². The number of hydrogen-bond acceptors (Lipinski definition) is 32. The van der Waals surface area contributed by atoms with Gasteiger partial charge in [-0.1, -0.05) is 185 Å². The average molecular weight is 2150 g/mol. The lowest BCUT2D eigenvalue weighted by Gasteiger charge is -2.32. The van der Waals surface area contributed by atoms with Gasteiger partial charge >= 0.3 is 7.12 Å². The first-order chi connectivity index (χ1) is 69.3. The first-order valence-corrected chi connectivity index (χ1v) is 53.2. The van der Waals surface area contributed by atoms with Crippen LogP contribution in [0.3, 0.4) is 0 Å². The number of benzene rings is 11. The van der Waals surface area contributed by atoms with E-state index in [1.807, 2.05) is 204 Å². The van der Waals surface area contributed by atoms with Gasteiger partial charge in [0, 0.05) is 211 Å². The van der Waals surface area contributed by atoms with Gasteiger partial charge in [0.05, 0.1) is 98.3 Å². The molecule has 11 heterocycles. The molecule has 8 aliphatic rings. The van der Waals surface area contributed by atoms with E-state index in [1.54, 1.807) is 152 Å². The highest BCUT2D eigenvalue weighted by Crippen LogP contribution is 2.57. The maximum Gasteiger partial charge on any atom is 0.496 e. The lowest BCUT2D eigenvalue weighted by molar-refractivity contribution is -0.385. The van der Waals surface area contributed by atoms with E-state index in [2.05, 4.69) is 78.1 Å². The van der Waals surface area contributed by atoms with E-state index in [1.165, 1.54) is 24.5 Å². The molecule has 143 heavy (non-hydrogen) atoms. The molecule has 38 heteroatoms. The lowest BCUT2D eigenvalue weighted by atomic mass is 9.79. The molecule has 732 valence electrons. The number of pyridine rings is 3. The van der Waals surface area contributed by atoms with Crippen molar-refractivity contribution in [2.75, 3.05) is 121 Å². The number of morpholine rings is 3. The Morgan fingerprint density at radius 2 is 0.706 bits per heavy atom. The van der Waals surface area contributed by atoms with Gasteiger partial charge in [0.1, 0.15) is 42.2 Å². The second-order valence-corrected chi connectivity index (χ2v) is 43.9. The van der Waals surface area contributed by atoms with E-state index in [0.29, 0.717) is 69.0 Å². The normalized spacial score (nSPS) is 15.2. The van der Waals surface area contributed by atoms with E-state index in [0.717, 1.165) is 195 Å². The standard InChI is InChI=1S/C29H25N3O5S2.C29H27N3O3S2.C18H18BNO4S2.C17H19ClN2O3.C12H6BrNO2S2/c1-35-22-8-5-19(6-9-22)18-37-28-17-21(31-11-13-36-14-12-31)15-24(30-28)23-3-2-4-26-29(23)39-25-10-7-20(32(33)34)16-27(25)38-26;1-33-22-8-5-19(6-9-22)18-35-28-17-21(32-11-13-34-14-12-32)16-24(31-28)23-3-2-4-26-29(23)37-25-10-7-20(30)15-27(25)36-26;1-17(2)18(3,4)24-19(23-17)12-6-5-7-14-16(12)26-13-9-8-11(20(21)22)10-15(13)25-14;1-21-15-4-2-13(3-5-15)12-23-17-11-14(10-16(18)19-17)20-6-8-22-9-7-20;13-8-2-1-3-10-12(8)18-9-5-4-7(14(15)16)6-11(9)17-10/h2-10,15-17H,11-14,18H2,1H3;2-10,15-17H,11-14,18,30H2,1H3;5-10H,1-4H3;2-5,10-11H,6-9,12H2,1H3;1-6H. The maximum absolute atomic E-state index is 11.3. The molecule has 14 aromatic rings. The monoisotopic (exact) mass is 2150 g/mol. The molecule has 0 bridgehead atoms. The van der Waals surface area contributed by atoms with Gasteiger partial charge < -0.3 is 72.4 Å². The number of hydrogen-bond donors (Lipinski definition) is 1. The number of rotatable bonds is 21. The van der Waals surface area contributed by atoms with Crippen molar-refractivity contribution in [2.24, 2.45) is 0 Å². The van der Waals surface area contributed by atoms with Gasteiger partial charge in [-0.15, -0.1) is 0 Å². The molecule has 0 radical (unpaired) electrons. The van der Waals surface area contributed by atoms with Crippen LogP contribution in [-0.2, 0) is 43.3 Å². The highest BCUT2D eigenvalue weighted by atomic mass is 79.9. The number of nitro benzene ring substituents is 3. The minimum atomic E-state index is -0.428. The summed E-state index contributed by atoms with van der Waals surface area (Å²) in [5.41, 5.74) is 17.5. The summed E-state index contributed by atoms with van der Waals surface area (Å²) >= 11 is 22.7. The molecule has 4 saturated heterocycles. The van der Waals surface area contributed by atoms with Crippen LogP contribution in [0.2, 0.25) is 5.15 Å². The molecular weight excluding hydrogens is 2060 g/mol. The number of nitrogens with zero attached hydrogens (tertiary/aromatic N) is 9. The zero-order valence-corrected chi connectivity index (χ0v) is 87.4. The fourth-order valence-corrected chi connectivity index (χ4v) is 26.3. The summed E-state index contributed by atoms with van der Waals surface area (Å²) < 4.78 is 63.9. The van der Waals surface area contributed by atoms with Crippen LogP contribution in [-0.4, -0.2) is 148 Å². The van der Waals surface area contributed by atoms with Crippen LogP contribution in [0.5, 0.6) is 34.9 Å². The van der Waals surface area contributed by atoms with Gasteiger partial charge in [-0.25, -0.2) is 15.0 Å². The van der Waals surface area contributed by atoms with Crippen molar-refractivity contribution in [2.45, 2.75) is 137 Å². The van der Waals surface area contributed by atoms with Crippen LogP contribution in [0.4, 0.5) is 39.8 Å². The Morgan fingerprint density at radius 3 is 1.09 bits per heavy atom. The van der Waals surface area contributed by atoms with Gasteiger partial charge in [0.15, 0.2) is 0 Å². The molecule has 0 saturated carbocycles. The van der Waals surface area contributed by atoms with Crippen LogP contribution >= 0.6 is 122 Å². The zero-order chi connectivity index (χ0) is 99.4. The molecule has 4 fully saturated rings. The predicted octanol–water partition coefficient (Wildman–Crippen LogP) is 25.7. The van der Waals surface area contributed by atoms with Crippen molar-refractivity contribution in [3.63, 3.8) is 0 Å². The number of non-ortho nitro benzene ring substituents is 3. The summed E-state index contributed by atoms with van der Waals surface area (Å²) in [4.78, 5) is 70.2. The molecule has 8 aliphatic heterocycles. The Bertz CT molecular complexity index is 7030. The van der Waals surface area contributed by atoms with Gasteiger partial charge in [-0.3, -0.25) is 30.3 Å². The van der Waals surface area contributed by atoms with Gasteiger partial charge in [-0.2, -0.15) is 0 Å². The SMILES string of the molecule is CC1(C)OB(c2cccc3c2Sc2ccc([N+](=O)[O-])cc2S3)OC1(C)C.COc1ccc(COc2cc(N3CCOCC3)cc(-c3cccc4c3Sc3ccc(N)cc3S4)n2)cc1.COc1ccc(COc2cc(N3CCOCC3)cc(-c3cccc4c3Sc3ccc([N+](=O)[O-])cc3S4)n2)cc1.COc1ccc(COc2cc(N3CCOCC3)cc(Cl)n2)cc1.O=[N+]([O-])c1ccc2c(c1)Sc1cccc(Br)c1S2. The van der Waals surface area contributed by atoms with Crippen molar-refractivity contribution in [3.8, 4) is 57.4 Å². The van der Waals surface area contributed by atoms with Crippen molar-refractivity contribution in [3.05, 3.63) is 311 Å². The minimum absolute atomic E-state index is 0.0972. The largest absolute Gasteiger partial charge is 0.497 e. The number of halogens is 2. The van der Waals surface area contributed by atoms with Gasteiger partial charge in [0.2, 0.25) is 17.6 Å². The lowest BCUT2D eigenvalue weighted by Crippen LogP contribution is -2.41. The third-order valence-electron chi connectivity index (χ3n) is 24.2. The zero-order valence-electron chi connectivity index (χ0n) is 78.5. The second kappa shape index (κ2) is 46.3. The van der Waals surface area contributed by atoms with Crippen molar-refractivity contribution >= 4 is 174 Å². The molecular formula is C105H95BBrClN10O17S8. The summed E-state index contributed by atoms with van der Waals surface area (Å²) in [6.45, 7) is 18.6. The Kier molecular flexibility index (Phi) is 32.9. The highest BCUT2D eigenvalue weighted by Gasteiger charge is 2.53. The second-order valence-electron chi connectivity index (χ2n) is 34.1. The summed E-state index contributed by atoms with van der Waals surface area (Å²) in [7, 11) is 4.54. The van der Waals surface area contributed by atoms with E-state index < -0.39 is 18.3 Å². The number of nitrogen functional groups attached to an aromatic ring is 1. The fourth-order valence-electron chi connectivity index (χ4n) is 15.9. The van der Waals surface area contributed by atoms with Crippen LogP contribution in [0.25, 0.3) is 22.5 Å². The maximum atomic E-state index is 11.3. The van der Waals surface area contributed by atoms with Gasteiger partial charge in [0.25, 0.3) is 17.1 Å². The molecule has 11 aromatic carbocycles. The first kappa shape index (κ1) is 102. The van der Waals surface area contributed by atoms with Crippen molar-refractivity contribution in [1.29, 1.82) is 0 Å². The Morgan fingerprint density at radius 1 is 0.378 bits per heavy atom. The van der Waals surface area contributed by atoms with E-state index in [9.17, 15) is 30.3 Å². The van der Waals surface area contributed by atoms with Crippen LogP contribution in [0.15, 0.2) is 338 Å².